The average Bonchev–Trinajstić information content (AvgIpc) is 2.60. The summed E-state index contributed by atoms with van der Waals surface area (Å²) in [7, 11) is 1.92. The van der Waals surface area contributed by atoms with Gasteiger partial charge in [-0.1, -0.05) is 45.0 Å². The lowest BCUT2D eigenvalue weighted by Gasteiger charge is -2.24. The third-order valence-corrected chi connectivity index (χ3v) is 5.06. The van der Waals surface area contributed by atoms with Gasteiger partial charge in [-0.15, -0.1) is 0 Å². The quantitative estimate of drug-likeness (QED) is 0.839. The van der Waals surface area contributed by atoms with Crippen molar-refractivity contribution in [3.05, 3.63) is 35.4 Å². The van der Waals surface area contributed by atoms with Gasteiger partial charge in [-0.05, 0) is 49.2 Å². The van der Waals surface area contributed by atoms with Crippen LogP contribution in [0.5, 0.6) is 0 Å². The number of hydrogen-bond donors (Lipinski definition) is 0. The fourth-order valence-electron chi connectivity index (χ4n) is 2.56. The second-order valence-electron chi connectivity index (χ2n) is 7.71. The fraction of sp³-hybridized carbons (Fsp3) is 0.556. The van der Waals surface area contributed by atoms with E-state index in [0.717, 1.165) is 11.8 Å². The molecule has 126 valence electrons. The summed E-state index contributed by atoms with van der Waals surface area (Å²) in [6.07, 6.45) is 0. The van der Waals surface area contributed by atoms with E-state index >= 15 is 0 Å². The summed E-state index contributed by atoms with van der Waals surface area (Å²) >= 11 is 1.10. The van der Waals surface area contributed by atoms with Crippen molar-refractivity contribution in [3.8, 4) is 0 Å². The number of hydrogen-bond acceptors (Lipinski definition) is 4. The van der Waals surface area contributed by atoms with Crippen LogP contribution in [0.3, 0.4) is 0 Å². The van der Waals surface area contributed by atoms with E-state index in [2.05, 4.69) is 45.0 Å². The first-order chi connectivity index (χ1) is 10.5. The zero-order valence-electron chi connectivity index (χ0n) is 14.8. The van der Waals surface area contributed by atoms with Crippen molar-refractivity contribution in [2.45, 2.75) is 51.3 Å². The first kappa shape index (κ1) is 18.0. The van der Waals surface area contributed by atoms with Crippen LogP contribution in [0, 0.1) is 0 Å². The monoisotopic (exact) mass is 334 g/mol. The molecular formula is C18H26N2O2S. The molecule has 0 bridgehead atoms. The van der Waals surface area contributed by atoms with Crippen molar-refractivity contribution in [3.63, 3.8) is 0 Å². The second kappa shape index (κ2) is 6.29. The van der Waals surface area contributed by atoms with E-state index in [1.54, 1.807) is 13.8 Å². The number of carbonyl (C=O) groups is 2. The summed E-state index contributed by atoms with van der Waals surface area (Å²) in [5.74, 6) is -0.109. The van der Waals surface area contributed by atoms with E-state index in [-0.39, 0.29) is 16.6 Å². The van der Waals surface area contributed by atoms with E-state index in [1.165, 1.54) is 16.0 Å². The predicted octanol–water partition coefficient (Wildman–Crippen LogP) is 3.85. The smallest absolute Gasteiger partial charge is 0.284 e. The molecule has 1 aromatic rings. The van der Waals surface area contributed by atoms with Crippen molar-refractivity contribution >= 4 is 22.9 Å². The van der Waals surface area contributed by atoms with Crippen molar-refractivity contribution in [1.29, 1.82) is 0 Å². The molecule has 1 heterocycles. The highest BCUT2D eigenvalue weighted by molar-refractivity contribution is 8.16. The number of amides is 2. The maximum Gasteiger partial charge on any atom is 0.290 e. The van der Waals surface area contributed by atoms with Crippen LogP contribution in [0.2, 0.25) is 0 Å². The molecule has 23 heavy (non-hydrogen) atoms. The minimum absolute atomic E-state index is 0.109. The molecule has 5 heteroatoms. The molecule has 4 nitrogen and oxygen atoms in total. The molecule has 1 fully saturated rings. The highest BCUT2D eigenvalue weighted by Crippen LogP contribution is 2.36. The Labute approximate surface area is 143 Å². The number of carbonyl (C=O) groups excluding carboxylic acids is 2. The summed E-state index contributed by atoms with van der Waals surface area (Å²) in [5.41, 5.74) is 2.61. The van der Waals surface area contributed by atoms with E-state index in [4.69, 9.17) is 0 Å². The van der Waals surface area contributed by atoms with Crippen LogP contribution in [-0.2, 0) is 16.8 Å². The third-order valence-electron chi connectivity index (χ3n) is 3.98. The molecule has 1 aliphatic rings. The first-order valence-corrected chi connectivity index (χ1v) is 8.65. The Morgan fingerprint density at radius 1 is 1.13 bits per heavy atom. The molecule has 1 aromatic carbocycles. The van der Waals surface area contributed by atoms with Crippen LogP contribution in [0.15, 0.2) is 24.3 Å². The Balaban J connectivity index is 1.99. The third kappa shape index (κ3) is 4.15. The number of nitrogens with zero attached hydrogens (tertiary/aromatic N) is 2. The molecule has 0 saturated carbocycles. The summed E-state index contributed by atoms with van der Waals surface area (Å²) in [6.45, 7) is 11.2. The maximum absolute atomic E-state index is 12.2. The predicted molar refractivity (Wildman–Crippen MR) is 95.4 cm³/mol. The van der Waals surface area contributed by atoms with Gasteiger partial charge in [-0.3, -0.25) is 19.4 Å². The van der Waals surface area contributed by atoms with Gasteiger partial charge in [0, 0.05) is 6.54 Å². The summed E-state index contributed by atoms with van der Waals surface area (Å²) in [5, 5.41) is -0.157. The van der Waals surface area contributed by atoms with Crippen molar-refractivity contribution in [2.75, 3.05) is 13.7 Å². The zero-order valence-corrected chi connectivity index (χ0v) is 15.7. The lowest BCUT2D eigenvalue weighted by Crippen LogP contribution is -2.41. The summed E-state index contributed by atoms with van der Waals surface area (Å²) in [6, 6.07) is 8.52. The average molecular weight is 334 g/mol. The van der Waals surface area contributed by atoms with Crippen molar-refractivity contribution in [2.24, 2.45) is 0 Å². The Kier molecular flexibility index (Phi) is 4.92. The van der Waals surface area contributed by atoms with Crippen molar-refractivity contribution in [1.82, 2.24) is 9.80 Å². The SMILES string of the molecule is CN(Cc1ccc(C(C)(C)C)cc1)CN1C(=O)SC(C)(C)C1=O. The lowest BCUT2D eigenvalue weighted by molar-refractivity contribution is -0.130. The normalized spacial score (nSPS) is 18.1. The topological polar surface area (TPSA) is 40.6 Å². The summed E-state index contributed by atoms with van der Waals surface area (Å²) in [4.78, 5) is 27.6. The lowest BCUT2D eigenvalue weighted by atomic mass is 9.87. The molecule has 2 rings (SSSR count). The highest BCUT2D eigenvalue weighted by atomic mass is 32.2. The van der Waals surface area contributed by atoms with Crippen LogP contribution in [0.4, 0.5) is 4.79 Å². The number of thioether (sulfide) groups is 1. The molecule has 2 amide bonds. The number of rotatable bonds is 4. The molecule has 0 aromatic heterocycles. The minimum Gasteiger partial charge on any atom is -0.284 e. The van der Waals surface area contributed by atoms with Crippen LogP contribution >= 0.6 is 11.8 Å². The van der Waals surface area contributed by atoms with E-state index < -0.39 is 4.75 Å². The molecule has 0 spiro atoms. The number of imide groups is 1. The molecule has 0 N–H and O–H groups in total. The zero-order chi connectivity index (χ0) is 17.4. The van der Waals surface area contributed by atoms with Gasteiger partial charge in [0.15, 0.2) is 0 Å². The van der Waals surface area contributed by atoms with Crippen LogP contribution < -0.4 is 0 Å². The standard InChI is InChI=1S/C18H26N2O2S/c1-17(2,3)14-9-7-13(8-10-14)11-19(6)12-20-15(21)18(4,5)23-16(20)22/h7-10H,11-12H2,1-6H3. The van der Waals surface area contributed by atoms with Gasteiger partial charge in [0.25, 0.3) is 5.24 Å². The van der Waals surface area contributed by atoms with Gasteiger partial charge in [0.1, 0.15) is 0 Å². The Morgan fingerprint density at radius 2 is 1.70 bits per heavy atom. The van der Waals surface area contributed by atoms with Gasteiger partial charge < -0.3 is 0 Å². The van der Waals surface area contributed by atoms with Crippen molar-refractivity contribution < 1.29 is 9.59 Å². The molecule has 0 radical (unpaired) electrons. The van der Waals surface area contributed by atoms with Crippen LogP contribution in [0.1, 0.15) is 45.7 Å². The highest BCUT2D eigenvalue weighted by Gasteiger charge is 2.46. The van der Waals surface area contributed by atoms with E-state index in [9.17, 15) is 9.59 Å². The molecule has 0 aliphatic carbocycles. The molecule has 1 aliphatic heterocycles. The van der Waals surface area contributed by atoms with Gasteiger partial charge in [0.2, 0.25) is 5.91 Å². The second-order valence-corrected chi connectivity index (χ2v) is 9.29. The largest absolute Gasteiger partial charge is 0.290 e. The van der Waals surface area contributed by atoms with E-state index in [0.29, 0.717) is 13.2 Å². The van der Waals surface area contributed by atoms with Gasteiger partial charge in [0.05, 0.1) is 11.4 Å². The molecule has 0 atom stereocenters. The summed E-state index contributed by atoms with van der Waals surface area (Å²) < 4.78 is -0.647. The molecular weight excluding hydrogens is 308 g/mol. The molecule has 0 unspecified atom stereocenters. The molecule has 1 saturated heterocycles. The number of benzene rings is 1. The van der Waals surface area contributed by atoms with Crippen LogP contribution in [0.25, 0.3) is 0 Å². The Bertz CT molecular complexity index is 602. The Hall–Kier alpha value is -1.33. The first-order valence-electron chi connectivity index (χ1n) is 7.83. The van der Waals surface area contributed by atoms with Crippen LogP contribution in [-0.4, -0.2) is 39.4 Å². The minimum atomic E-state index is -0.647. The maximum atomic E-state index is 12.2. The van der Waals surface area contributed by atoms with E-state index in [1.807, 2.05) is 11.9 Å². The Morgan fingerprint density at radius 3 is 2.13 bits per heavy atom. The van der Waals surface area contributed by atoms with Gasteiger partial charge in [-0.2, -0.15) is 0 Å². The fourth-order valence-corrected chi connectivity index (χ4v) is 3.45. The van der Waals surface area contributed by atoms with Gasteiger partial charge in [-0.25, -0.2) is 0 Å². The van der Waals surface area contributed by atoms with Gasteiger partial charge >= 0.3 is 0 Å².